The number of nitrogens with one attached hydrogen (secondary N) is 1. The molecule has 4 heteroatoms. The molecule has 1 aliphatic heterocycles. The molecule has 16 heavy (non-hydrogen) atoms. The van der Waals surface area contributed by atoms with E-state index >= 15 is 0 Å². The summed E-state index contributed by atoms with van der Waals surface area (Å²) in [5.74, 6) is 0. The van der Waals surface area contributed by atoms with Crippen LogP contribution in [0.1, 0.15) is 32.6 Å². The fourth-order valence-corrected chi connectivity index (χ4v) is 1.87. The van der Waals surface area contributed by atoms with Gasteiger partial charge in [0.1, 0.15) is 0 Å². The Kier molecular flexibility index (Phi) is 7.76. The van der Waals surface area contributed by atoms with Crippen molar-refractivity contribution < 1.29 is 14.6 Å². The summed E-state index contributed by atoms with van der Waals surface area (Å²) < 4.78 is 11.1. The van der Waals surface area contributed by atoms with Gasteiger partial charge >= 0.3 is 0 Å². The van der Waals surface area contributed by atoms with Gasteiger partial charge in [-0.05, 0) is 32.2 Å². The van der Waals surface area contributed by atoms with Crippen LogP contribution in [0.25, 0.3) is 0 Å². The maximum Gasteiger partial charge on any atom is 0.0809 e. The van der Waals surface area contributed by atoms with Crippen molar-refractivity contribution in [3.8, 4) is 0 Å². The first-order chi connectivity index (χ1) is 7.86. The Morgan fingerprint density at radius 2 is 2.44 bits per heavy atom. The minimum Gasteiger partial charge on any atom is -0.396 e. The van der Waals surface area contributed by atoms with Crippen LogP contribution in [0.3, 0.4) is 0 Å². The van der Waals surface area contributed by atoms with Gasteiger partial charge in [-0.1, -0.05) is 6.92 Å². The van der Waals surface area contributed by atoms with Gasteiger partial charge in [-0.15, -0.1) is 0 Å². The van der Waals surface area contributed by atoms with Crippen LogP contribution in [-0.4, -0.2) is 50.2 Å². The van der Waals surface area contributed by atoms with E-state index in [0.717, 1.165) is 38.8 Å². The summed E-state index contributed by atoms with van der Waals surface area (Å²) in [7, 11) is 0. The molecule has 0 aromatic rings. The second-order valence-electron chi connectivity index (χ2n) is 4.34. The molecule has 1 rings (SSSR count). The highest BCUT2D eigenvalue weighted by molar-refractivity contribution is 4.67. The molecule has 0 bridgehead atoms. The zero-order valence-electron chi connectivity index (χ0n) is 10.3. The zero-order valence-corrected chi connectivity index (χ0v) is 10.3. The van der Waals surface area contributed by atoms with Gasteiger partial charge < -0.3 is 19.9 Å². The smallest absolute Gasteiger partial charge is 0.0809 e. The van der Waals surface area contributed by atoms with E-state index in [1.165, 1.54) is 0 Å². The van der Waals surface area contributed by atoms with Crippen LogP contribution >= 0.6 is 0 Å². The summed E-state index contributed by atoms with van der Waals surface area (Å²) in [5.41, 5.74) is 0. The number of hydrogen-bond acceptors (Lipinski definition) is 4. The second kappa shape index (κ2) is 8.93. The summed E-state index contributed by atoms with van der Waals surface area (Å²) >= 11 is 0. The zero-order chi connectivity index (χ0) is 11.6. The molecule has 0 aliphatic carbocycles. The van der Waals surface area contributed by atoms with Crippen molar-refractivity contribution in [2.45, 2.75) is 44.8 Å². The Labute approximate surface area is 98.3 Å². The molecule has 0 amide bonds. The largest absolute Gasteiger partial charge is 0.396 e. The third kappa shape index (κ3) is 5.80. The monoisotopic (exact) mass is 231 g/mol. The van der Waals surface area contributed by atoms with Crippen molar-refractivity contribution in [3.63, 3.8) is 0 Å². The molecular formula is C12H25NO3. The molecule has 0 aromatic heterocycles. The van der Waals surface area contributed by atoms with Crippen LogP contribution in [0.4, 0.5) is 0 Å². The maximum absolute atomic E-state index is 8.93. The van der Waals surface area contributed by atoms with E-state index in [4.69, 9.17) is 14.6 Å². The predicted molar refractivity (Wildman–Crippen MR) is 63.6 cm³/mol. The second-order valence-corrected chi connectivity index (χ2v) is 4.34. The van der Waals surface area contributed by atoms with E-state index < -0.39 is 0 Å². The molecule has 1 saturated heterocycles. The summed E-state index contributed by atoms with van der Waals surface area (Å²) in [4.78, 5) is 0. The topological polar surface area (TPSA) is 50.7 Å². The lowest BCUT2D eigenvalue weighted by Crippen LogP contribution is -2.35. The van der Waals surface area contributed by atoms with E-state index in [9.17, 15) is 0 Å². The maximum atomic E-state index is 8.93. The molecule has 1 heterocycles. The SMILES string of the molecule is CCCNC(CCO)COCC1CCCO1. The highest BCUT2D eigenvalue weighted by atomic mass is 16.5. The van der Waals surface area contributed by atoms with Crippen molar-refractivity contribution in [1.82, 2.24) is 5.32 Å². The van der Waals surface area contributed by atoms with Gasteiger partial charge in [-0.25, -0.2) is 0 Å². The van der Waals surface area contributed by atoms with Crippen molar-refractivity contribution >= 4 is 0 Å². The molecule has 2 atom stereocenters. The minimum absolute atomic E-state index is 0.213. The molecule has 1 fully saturated rings. The van der Waals surface area contributed by atoms with E-state index in [2.05, 4.69) is 12.2 Å². The molecule has 0 radical (unpaired) electrons. The first-order valence-electron chi connectivity index (χ1n) is 6.40. The van der Waals surface area contributed by atoms with Gasteiger partial charge in [0.25, 0.3) is 0 Å². The molecule has 0 aromatic carbocycles. The summed E-state index contributed by atoms with van der Waals surface area (Å²) in [6.07, 6.45) is 4.43. The van der Waals surface area contributed by atoms with E-state index in [-0.39, 0.29) is 12.6 Å². The van der Waals surface area contributed by atoms with Crippen molar-refractivity contribution in [2.75, 3.05) is 33.0 Å². The predicted octanol–water partition coefficient (Wildman–Crippen LogP) is 0.933. The average molecular weight is 231 g/mol. The van der Waals surface area contributed by atoms with Crippen LogP contribution in [0.15, 0.2) is 0 Å². The van der Waals surface area contributed by atoms with E-state index in [0.29, 0.717) is 19.3 Å². The van der Waals surface area contributed by atoms with Crippen LogP contribution in [0.5, 0.6) is 0 Å². The van der Waals surface area contributed by atoms with Gasteiger partial charge in [0.2, 0.25) is 0 Å². The normalized spacial score (nSPS) is 22.5. The fourth-order valence-electron chi connectivity index (χ4n) is 1.87. The number of hydrogen-bond donors (Lipinski definition) is 2. The first kappa shape index (κ1) is 13.9. The standard InChI is InChI=1S/C12H25NO3/c1-2-6-13-11(5-7-14)9-15-10-12-4-3-8-16-12/h11-14H,2-10H2,1H3. The highest BCUT2D eigenvalue weighted by Crippen LogP contribution is 2.12. The van der Waals surface area contributed by atoms with E-state index in [1.54, 1.807) is 0 Å². The quantitative estimate of drug-likeness (QED) is 0.620. The van der Waals surface area contributed by atoms with Crippen LogP contribution in [-0.2, 0) is 9.47 Å². The van der Waals surface area contributed by atoms with Gasteiger partial charge in [-0.2, -0.15) is 0 Å². The third-order valence-electron chi connectivity index (χ3n) is 2.81. The van der Waals surface area contributed by atoms with Gasteiger partial charge in [0.05, 0.1) is 19.3 Å². The Balaban J connectivity index is 2.05. The van der Waals surface area contributed by atoms with E-state index in [1.807, 2.05) is 0 Å². The first-order valence-corrected chi connectivity index (χ1v) is 6.40. The molecule has 0 saturated carbocycles. The lowest BCUT2D eigenvalue weighted by atomic mass is 10.2. The Morgan fingerprint density at radius 1 is 1.56 bits per heavy atom. The number of ether oxygens (including phenoxy) is 2. The Bertz CT molecular complexity index is 160. The molecule has 96 valence electrons. The Hall–Kier alpha value is -0.160. The molecule has 4 nitrogen and oxygen atoms in total. The Morgan fingerprint density at radius 3 is 3.06 bits per heavy atom. The summed E-state index contributed by atoms with van der Waals surface area (Å²) in [6, 6.07) is 0.270. The van der Waals surface area contributed by atoms with Crippen molar-refractivity contribution in [3.05, 3.63) is 0 Å². The van der Waals surface area contributed by atoms with Gasteiger partial charge in [0, 0.05) is 19.3 Å². The minimum atomic E-state index is 0.213. The lowest BCUT2D eigenvalue weighted by molar-refractivity contribution is 0.00825. The van der Waals surface area contributed by atoms with Crippen LogP contribution in [0.2, 0.25) is 0 Å². The third-order valence-corrected chi connectivity index (χ3v) is 2.81. The van der Waals surface area contributed by atoms with Gasteiger partial charge in [-0.3, -0.25) is 0 Å². The average Bonchev–Trinajstić information content (AvgIpc) is 2.79. The fraction of sp³-hybridized carbons (Fsp3) is 1.00. The van der Waals surface area contributed by atoms with Crippen molar-refractivity contribution in [2.24, 2.45) is 0 Å². The molecule has 1 aliphatic rings. The van der Waals surface area contributed by atoms with Crippen LogP contribution in [0, 0.1) is 0 Å². The molecule has 2 unspecified atom stereocenters. The number of aliphatic hydroxyl groups is 1. The molecule has 0 spiro atoms. The lowest BCUT2D eigenvalue weighted by Gasteiger charge is -2.18. The number of rotatable bonds is 9. The highest BCUT2D eigenvalue weighted by Gasteiger charge is 2.16. The summed E-state index contributed by atoms with van der Waals surface area (Å²) in [5, 5.41) is 12.3. The number of aliphatic hydroxyl groups excluding tert-OH is 1. The van der Waals surface area contributed by atoms with Crippen LogP contribution < -0.4 is 5.32 Å². The molecule has 2 N–H and O–H groups in total. The van der Waals surface area contributed by atoms with Gasteiger partial charge in [0.15, 0.2) is 0 Å². The molecular weight excluding hydrogens is 206 g/mol. The van der Waals surface area contributed by atoms with Crippen molar-refractivity contribution in [1.29, 1.82) is 0 Å². The summed E-state index contributed by atoms with van der Waals surface area (Å²) in [6.45, 7) is 5.56.